The number of hydrogen-bond acceptors (Lipinski definition) is 4. The van der Waals surface area contributed by atoms with E-state index in [1.807, 2.05) is 6.07 Å². The van der Waals surface area contributed by atoms with Gasteiger partial charge >= 0.3 is 18.3 Å². The molecule has 1 aliphatic rings. The molecule has 1 fully saturated rings. The molecule has 4 rings (SSSR count). The molecule has 2 heterocycles. The molecule has 1 aromatic carbocycles. The fraction of sp³-hybridized carbons (Fsp3) is 0.391. The van der Waals surface area contributed by atoms with Gasteiger partial charge in [-0.1, -0.05) is 6.07 Å². The van der Waals surface area contributed by atoms with Gasteiger partial charge in [0.25, 0.3) is 5.91 Å². The van der Waals surface area contributed by atoms with E-state index in [-0.39, 0.29) is 24.0 Å². The van der Waals surface area contributed by atoms with E-state index in [1.165, 1.54) is 0 Å². The van der Waals surface area contributed by atoms with E-state index < -0.39 is 70.8 Å². The molecule has 0 unspecified atom stereocenters. The van der Waals surface area contributed by atoms with Crippen molar-refractivity contribution in [1.29, 1.82) is 5.26 Å². The molecule has 1 saturated carbocycles. The number of halogens is 10. The summed E-state index contributed by atoms with van der Waals surface area (Å²) in [7, 11) is 0.922. The summed E-state index contributed by atoms with van der Waals surface area (Å²) in [6, 6.07) is 4.18. The Morgan fingerprint density at radius 3 is 2.30 bits per heavy atom. The zero-order chi connectivity index (χ0) is 29.8. The minimum atomic E-state index is -6.15. The van der Waals surface area contributed by atoms with Gasteiger partial charge in [0.2, 0.25) is 6.43 Å². The van der Waals surface area contributed by atoms with Gasteiger partial charge in [-0.3, -0.25) is 9.48 Å². The molecule has 1 N–H and O–H groups in total. The lowest BCUT2D eigenvalue weighted by Gasteiger charge is -2.19. The average molecular weight is 582 g/mol. The molecular formula is C23H16F10N6O. The van der Waals surface area contributed by atoms with Crippen molar-refractivity contribution in [3.63, 3.8) is 0 Å². The number of benzene rings is 1. The zero-order valence-corrected chi connectivity index (χ0v) is 20.0. The average Bonchev–Trinajstić information content (AvgIpc) is 3.30. The molecule has 0 bridgehead atoms. The van der Waals surface area contributed by atoms with Crippen LogP contribution in [0.1, 0.15) is 40.0 Å². The maximum Gasteiger partial charge on any atom is 0.459 e. The van der Waals surface area contributed by atoms with Crippen LogP contribution in [0.15, 0.2) is 30.6 Å². The van der Waals surface area contributed by atoms with Gasteiger partial charge in [0.15, 0.2) is 5.82 Å². The maximum absolute atomic E-state index is 14.1. The fourth-order valence-electron chi connectivity index (χ4n) is 4.00. The van der Waals surface area contributed by atoms with Crippen LogP contribution in [0.3, 0.4) is 0 Å². The number of amides is 1. The second kappa shape index (κ2) is 9.52. The van der Waals surface area contributed by atoms with Crippen molar-refractivity contribution in [2.75, 3.05) is 0 Å². The van der Waals surface area contributed by atoms with Gasteiger partial charge in [-0.25, -0.2) is 13.5 Å². The van der Waals surface area contributed by atoms with Crippen LogP contribution in [0.5, 0.6) is 0 Å². The summed E-state index contributed by atoms with van der Waals surface area (Å²) in [6.45, 7) is 0. The van der Waals surface area contributed by atoms with Crippen molar-refractivity contribution in [1.82, 2.24) is 24.9 Å². The van der Waals surface area contributed by atoms with Gasteiger partial charge in [0, 0.05) is 30.8 Å². The van der Waals surface area contributed by atoms with Gasteiger partial charge in [-0.2, -0.15) is 50.6 Å². The number of carbonyl (C=O) groups excluding carboxylic acids is 1. The van der Waals surface area contributed by atoms with Crippen molar-refractivity contribution in [2.45, 2.75) is 49.5 Å². The van der Waals surface area contributed by atoms with Gasteiger partial charge in [0.05, 0.1) is 23.4 Å². The summed E-state index contributed by atoms with van der Waals surface area (Å²) >= 11 is 0. The third-order valence-corrected chi connectivity index (χ3v) is 6.14. The third kappa shape index (κ3) is 5.21. The highest BCUT2D eigenvalue weighted by molar-refractivity contribution is 5.98. The van der Waals surface area contributed by atoms with E-state index in [0.717, 1.165) is 31.6 Å². The molecular weight excluding hydrogens is 566 g/mol. The predicted octanol–water partition coefficient (Wildman–Crippen LogP) is 5.54. The van der Waals surface area contributed by atoms with Crippen molar-refractivity contribution in [2.24, 2.45) is 7.05 Å². The second-order valence-corrected chi connectivity index (χ2v) is 9.02. The van der Waals surface area contributed by atoms with Gasteiger partial charge < -0.3 is 5.32 Å². The van der Waals surface area contributed by atoms with Crippen LogP contribution < -0.4 is 5.32 Å². The Bertz CT molecular complexity index is 1490. The Morgan fingerprint density at radius 1 is 1.12 bits per heavy atom. The van der Waals surface area contributed by atoms with Crippen LogP contribution in [0, 0.1) is 11.3 Å². The number of aryl methyl sites for hydroxylation is 1. The molecule has 17 heteroatoms. The summed E-state index contributed by atoms with van der Waals surface area (Å²) in [5, 5.41) is 18.3. The number of nitrogens with one attached hydrogen (secondary N) is 1. The highest BCUT2D eigenvalue weighted by Gasteiger charge is 2.62. The molecule has 0 radical (unpaired) electrons. The summed E-state index contributed by atoms with van der Waals surface area (Å²) in [6.07, 6.45) is -13.6. The number of nitriles is 1. The quantitative estimate of drug-likeness (QED) is 0.371. The topological polar surface area (TPSA) is 88.5 Å². The summed E-state index contributed by atoms with van der Waals surface area (Å²) in [5.41, 5.74) is -6.66. The molecule has 3 aromatic rings. The first-order valence-corrected chi connectivity index (χ1v) is 11.2. The lowest BCUT2D eigenvalue weighted by Crippen LogP contribution is -2.36. The molecule has 0 atom stereocenters. The van der Waals surface area contributed by atoms with Crippen LogP contribution in [-0.4, -0.2) is 43.6 Å². The molecule has 7 nitrogen and oxygen atoms in total. The van der Waals surface area contributed by atoms with E-state index in [2.05, 4.69) is 15.5 Å². The van der Waals surface area contributed by atoms with Gasteiger partial charge in [-0.05, 0) is 30.5 Å². The lowest BCUT2D eigenvalue weighted by atomic mass is 9.99. The molecule has 2 aromatic heterocycles. The zero-order valence-electron chi connectivity index (χ0n) is 20.0. The lowest BCUT2D eigenvalue weighted by molar-refractivity contribution is -0.291. The van der Waals surface area contributed by atoms with E-state index in [4.69, 9.17) is 5.26 Å². The summed E-state index contributed by atoms with van der Waals surface area (Å²) in [5.74, 6) is -7.44. The summed E-state index contributed by atoms with van der Waals surface area (Å²) < 4.78 is 136. The normalized spacial score (nSPS) is 15.3. The van der Waals surface area contributed by atoms with Crippen LogP contribution in [0.4, 0.5) is 43.9 Å². The first-order valence-electron chi connectivity index (χ1n) is 11.2. The highest BCUT2D eigenvalue weighted by atomic mass is 19.4. The fourth-order valence-corrected chi connectivity index (χ4v) is 4.00. The Kier molecular flexibility index (Phi) is 6.88. The number of hydrogen-bond donors (Lipinski definition) is 1. The van der Waals surface area contributed by atoms with Crippen molar-refractivity contribution in [3.8, 4) is 23.0 Å². The maximum atomic E-state index is 14.1. The van der Waals surface area contributed by atoms with Crippen molar-refractivity contribution < 1.29 is 48.7 Å². The Labute approximate surface area is 218 Å². The Hall–Kier alpha value is -4.10. The summed E-state index contributed by atoms with van der Waals surface area (Å²) in [4.78, 5) is 12.7. The second-order valence-electron chi connectivity index (χ2n) is 9.02. The van der Waals surface area contributed by atoms with Crippen molar-refractivity contribution in [3.05, 3.63) is 53.0 Å². The molecule has 1 aliphatic carbocycles. The number of nitrogens with zero attached hydrogens (tertiary/aromatic N) is 5. The molecule has 1 amide bonds. The largest absolute Gasteiger partial charge is 0.459 e. The SMILES string of the molecule is Cn1nc(C(F)(F)C(F)(F)F)c(CC(F)F)c1-n1cc(-c2ccc(C(F)(F)F)c(C(=O)NC3(C#N)CC3)c2)cn1. The van der Waals surface area contributed by atoms with Crippen molar-refractivity contribution >= 4 is 5.91 Å². The number of rotatable bonds is 7. The van der Waals surface area contributed by atoms with Crippen LogP contribution in [0.2, 0.25) is 0 Å². The van der Waals surface area contributed by atoms with E-state index >= 15 is 0 Å². The van der Waals surface area contributed by atoms with E-state index in [0.29, 0.717) is 15.4 Å². The molecule has 40 heavy (non-hydrogen) atoms. The highest BCUT2D eigenvalue weighted by Crippen LogP contribution is 2.46. The van der Waals surface area contributed by atoms with Gasteiger partial charge in [-0.15, -0.1) is 0 Å². The Balaban J connectivity index is 1.79. The molecule has 0 saturated heterocycles. The number of alkyl halides is 10. The van der Waals surface area contributed by atoms with E-state index in [1.54, 1.807) is 0 Å². The van der Waals surface area contributed by atoms with Gasteiger partial charge in [0.1, 0.15) is 11.2 Å². The Morgan fingerprint density at radius 2 is 1.77 bits per heavy atom. The van der Waals surface area contributed by atoms with E-state index in [9.17, 15) is 48.7 Å². The van der Waals surface area contributed by atoms with Crippen LogP contribution >= 0.6 is 0 Å². The smallest absolute Gasteiger partial charge is 0.334 e. The molecule has 0 aliphatic heterocycles. The number of carbonyl (C=O) groups is 1. The monoisotopic (exact) mass is 582 g/mol. The minimum absolute atomic E-state index is 0.0440. The molecule has 214 valence electrons. The first kappa shape index (κ1) is 28.9. The number of aromatic nitrogens is 4. The van der Waals surface area contributed by atoms with Crippen LogP contribution in [0.25, 0.3) is 16.9 Å². The third-order valence-electron chi connectivity index (χ3n) is 6.14. The standard InChI is InChI=1S/C23H16F10N6O/c1-38-19(14(7-16(24)25)17(37-38)21(26,27)23(31,32)33)39-9-12(8-35-39)11-2-3-15(22(28,29)30)13(6-11)18(40)36-20(10-34)4-5-20/h2-3,6,8-9,16H,4-5,7H2,1H3,(H,36,40). The predicted molar refractivity (Wildman–Crippen MR) is 115 cm³/mol. The molecule has 0 spiro atoms. The minimum Gasteiger partial charge on any atom is -0.334 e. The first-order chi connectivity index (χ1) is 18.4. The van der Waals surface area contributed by atoms with Crippen LogP contribution in [-0.2, 0) is 25.6 Å².